The number of para-hydroxylation sites is 2. The van der Waals surface area contributed by atoms with Crippen LogP contribution < -0.4 is 10.1 Å². The molecule has 0 saturated heterocycles. The van der Waals surface area contributed by atoms with E-state index in [2.05, 4.69) is 56.4 Å². The summed E-state index contributed by atoms with van der Waals surface area (Å²) in [6.45, 7) is 6.59. The van der Waals surface area contributed by atoms with Crippen LogP contribution in [0.5, 0.6) is 5.75 Å². The molecule has 106 valence electrons. The quantitative estimate of drug-likeness (QED) is 0.825. The Morgan fingerprint density at radius 3 is 2.10 bits per heavy atom. The second-order valence-corrected chi connectivity index (χ2v) is 5.35. The maximum absolute atomic E-state index is 5.44. The average Bonchev–Trinajstić information content (AvgIpc) is 2.47. The first-order valence-corrected chi connectivity index (χ1v) is 7.12. The third-order valence-corrected chi connectivity index (χ3v) is 3.56. The van der Waals surface area contributed by atoms with Gasteiger partial charge >= 0.3 is 0 Å². The van der Waals surface area contributed by atoms with Gasteiger partial charge in [-0.3, -0.25) is 0 Å². The van der Waals surface area contributed by atoms with Gasteiger partial charge in [0.1, 0.15) is 5.75 Å². The Morgan fingerprint density at radius 2 is 1.45 bits per heavy atom. The van der Waals surface area contributed by atoms with Gasteiger partial charge in [-0.25, -0.2) is 0 Å². The van der Waals surface area contributed by atoms with Crippen molar-refractivity contribution in [3.8, 4) is 5.75 Å². The number of anilines is 1. The molecule has 0 fully saturated rings. The van der Waals surface area contributed by atoms with Crippen LogP contribution in [0.4, 0.5) is 5.69 Å². The predicted molar refractivity (Wildman–Crippen MR) is 85.6 cm³/mol. The van der Waals surface area contributed by atoms with Crippen LogP contribution >= 0.6 is 0 Å². The number of hydrogen-bond acceptors (Lipinski definition) is 2. The molecule has 1 unspecified atom stereocenters. The molecule has 2 heteroatoms. The fourth-order valence-corrected chi connectivity index (χ4v) is 2.47. The molecular weight excluding hydrogens is 246 g/mol. The zero-order valence-corrected chi connectivity index (χ0v) is 12.7. The van der Waals surface area contributed by atoms with Crippen molar-refractivity contribution in [3.05, 3.63) is 59.7 Å². The minimum absolute atomic E-state index is 0.200. The molecule has 0 amide bonds. The van der Waals surface area contributed by atoms with Gasteiger partial charge in [0.2, 0.25) is 0 Å². The van der Waals surface area contributed by atoms with Gasteiger partial charge in [0, 0.05) is 11.3 Å². The van der Waals surface area contributed by atoms with Crippen molar-refractivity contribution in [1.82, 2.24) is 0 Å². The molecule has 0 bridgehead atoms. The maximum Gasteiger partial charge on any atom is 0.124 e. The Labute approximate surface area is 121 Å². The van der Waals surface area contributed by atoms with Crippen molar-refractivity contribution < 1.29 is 4.74 Å². The van der Waals surface area contributed by atoms with Crippen LogP contribution in [0.25, 0.3) is 0 Å². The zero-order chi connectivity index (χ0) is 14.5. The van der Waals surface area contributed by atoms with Gasteiger partial charge in [0.15, 0.2) is 0 Å². The minimum Gasteiger partial charge on any atom is -0.496 e. The van der Waals surface area contributed by atoms with E-state index in [-0.39, 0.29) is 6.04 Å². The summed E-state index contributed by atoms with van der Waals surface area (Å²) in [5.74, 6) is 1.43. The molecule has 0 spiro atoms. The average molecular weight is 269 g/mol. The number of benzene rings is 2. The van der Waals surface area contributed by atoms with E-state index in [1.807, 2.05) is 18.2 Å². The van der Waals surface area contributed by atoms with Gasteiger partial charge < -0.3 is 10.1 Å². The highest BCUT2D eigenvalue weighted by Crippen LogP contribution is 2.30. The molecule has 0 aromatic heterocycles. The fraction of sp³-hybridized carbons (Fsp3) is 0.333. The first-order valence-electron chi connectivity index (χ1n) is 7.12. The standard InChI is InChI=1S/C18H23NO/c1-13(2)15-9-5-7-11-17(15)19-14(3)16-10-6-8-12-18(16)20-4/h5-14,19H,1-4H3. The van der Waals surface area contributed by atoms with Crippen LogP contribution in [-0.2, 0) is 0 Å². The summed E-state index contributed by atoms with van der Waals surface area (Å²) < 4.78 is 5.44. The van der Waals surface area contributed by atoms with Crippen molar-refractivity contribution in [2.24, 2.45) is 0 Å². The fourth-order valence-electron chi connectivity index (χ4n) is 2.47. The molecule has 0 heterocycles. The summed E-state index contributed by atoms with van der Waals surface area (Å²) in [5, 5.41) is 3.60. The Balaban J connectivity index is 2.26. The second kappa shape index (κ2) is 6.47. The molecule has 2 rings (SSSR count). The SMILES string of the molecule is COc1ccccc1C(C)Nc1ccccc1C(C)C. The van der Waals surface area contributed by atoms with Crippen molar-refractivity contribution in [1.29, 1.82) is 0 Å². The normalized spacial score (nSPS) is 12.2. The zero-order valence-electron chi connectivity index (χ0n) is 12.7. The van der Waals surface area contributed by atoms with Gasteiger partial charge in [-0.15, -0.1) is 0 Å². The summed E-state index contributed by atoms with van der Waals surface area (Å²) in [6.07, 6.45) is 0. The number of ether oxygens (including phenoxy) is 1. The van der Waals surface area contributed by atoms with Crippen LogP contribution in [0.2, 0.25) is 0 Å². The van der Waals surface area contributed by atoms with Gasteiger partial charge in [0.05, 0.1) is 13.2 Å². The van der Waals surface area contributed by atoms with E-state index in [0.29, 0.717) is 5.92 Å². The molecule has 2 aromatic carbocycles. The lowest BCUT2D eigenvalue weighted by atomic mass is 10.00. The molecule has 2 nitrogen and oxygen atoms in total. The van der Waals surface area contributed by atoms with Gasteiger partial charge in [-0.2, -0.15) is 0 Å². The van der Waals surface area contributed by atoms with Crippen LogP contribution in [0.3, 0.4) is 0 Å². The van der Waals surface area contributed by atoms with Crippen LogP contribution in [0, 0.1) is 0 Å². The second-order valence-electron chi connectivity index (χ2n) is 5.35. The largest absolute Gasteiger partial charge is 0.496 e. The van der Waals surface area contributed by atoms with Crippen LogP contribution in [0.15, 0.2) is 48.5 Å². The lowest BCUT2D eigenvalue weighted by Crippen LogP contribution is -2.10. The first-order chi connectivity index (χ1) is 9.63. The van der Waals surface area contributed by atoms with Gasteiger partial charge in [-0.1, -0.05) is 50.2 Å². The number of hydrogen-bond donors (Lipinski definition) is 1. The van der Waals surface area contributed by atoms with Gasteiger partial charge in [-0.05, 0) is 30.5 Å². The minimum atomic E-state index is 0.200. The van der Waals surface area contributed by atoms with Crippen LogP contribution in [-0.4, -0.2) is 7.11 Å². The molecular formula is C18H23NO. The summed E-state index contributed by atoms with van der Waals surface area (Å²) >= 11 is 0. The topological polar surface area (TPSA) is 21.3 Å². The highest BCUT2D eigenvalue weighted by molar-refractivity contribution is 5.54. The molecule has 1 N–H and O–H groups in total. The van der Waals surface area contributed by atoms with Crippen molar-refractivity contribution in [3.63, 3.8) is 0 Å². The Hall–Kier alpha value is -1.96. The molecule has 0 radical (unpaired) electrons. The van der Waals surface area contributed by atoms with E-state index in [4.69, 9.17) is 4.74 Å². The molecule has 1 atom stereocenters. The van der Waals surface area contributed by atoms with Crippen molar-refractivity contribution in [2.75, 3.05) is 12.4 Å². The van der Waals surface area contributed by atoms with E-state index in [1.165, 1.54) is 16.8 Å². The monoisotopic (exact) mass is 269 g/mol. The van der Waals surface area contributed by atoms with Gasteiger partial charge in [0.25, 0.3) is 0 Å². The third kappa shape index (κ3) is 3.13. The summed E-state index contributed by atoms with van der Waals surface area (Å²) in [4.78, 5) is 0. The Morgan fingerprint density at radius 1 is 0.850 bits per heavy atom. The Kier molecular flexibility index (Phi) is 4.67. The summed E-state index contributed by atoms with van der Waals surface area (Å²) in [5.41, 5.74) is 3.71. The van der Waals surface area contributed by atoms with E-state index in [9.17, 15) is 0 Å². The Bertz CT molecular complexity index is 563. The van der Waals surface area contributed by atoms with Crippen LogP contribution in [0.1, 0.15) is 43.9 Å². The van der Waals surface area contributed by atoms with E-state index in [1.54, 1.807) is 7.11 Å². The molecule has 0 aliphatic heterocycles. The van der Waals surface area contributed by atoms with Crippen molar-refractivity contribution >= 4 is 5.69 Å². The van der Waals surface area contributed by atoms with E-state index < -0.39 is 0 Å². The van der Waals surface area contributed by atoms with E-state index >= 15 is 0 Å². The smallest absolute Gasteiger partial charge is 0.124 e. The molecule has 0 aliphatic rings. The number of rotatable bonds is 5. The highest BCUT2D eigenvalue weighted by atomic mass is 16.5. The highest BCUT2D eigenvalue weighted by Gasteiger charge is 2.13. The van der Waals surface area contributed by atoms with Crippen molar-refractivity contribution in [2.45, 2.75) is 32.7 Å². The van der Waals surface area contributed by atoms with E-state index in [0.717, 1.165) is 5.75 Å². The molecule has 20 heavy (non-hydrogen) atoms. The molecule has 2 aromatic rings. The molecule has 0 saturated carbocycles. The number of methoxy groups -OCH3 is 1. The summed E-state index contributed by atoms with van der Waals surface area (Å²) in [7, 11) is 1.72. The summed E-state index contributed by atoms with van der Waals surface area (Å²) in [6, 6.07) is 16.8. The lowest BCUT2D eigenvalue weighted by Gasteiger charge is -2.21. The molecule has 0 aliphatic carbocycles. The first kappa shape index (κ1) is 14.4. The third-order valence-electron chi connectivity index (χ3n) is 3.56. The number of nitrogens with one attached hydrogen (secondary N) is 1. The predicted octanol–water partition coefficient (Wildman–Crippen LogP) is 4.99. The lowest BCUT2D eigenvalue weighted by molar-refractivity contribution is 0.408. The maximum atomic E-state index is 5.44.